The van der Waals surface area contributed by atoms with Crippen LogP contribution in [0, 0.1) is 12.8 Å². The van der Waals surface area contributed by atoms with Crippen molar-refractivity contribution in [2.45, 2.75) is 31.9 Å². The molecule has 4 rings (SSSR count). The third-order valence-corrected chi connectivity index (χ3v) is 5.56. The highest BCUT2D eigenvalue weighted by atomic mass is 16.5. The van der Waals surface area contributed by atoms with E-state index in [4.69, 9.17) is 9.47 Å². The summed E-state index contributed by atoms with van der Waals surface area (Å²) in [6.07, 6.45) is 2.89. The molecule has 0 bridgehead atoms. The predicted molar refractivity (Wildman–Crippen MR) is 91.5 cm³/mol. The van der Waals surface area contributed by atoms with Crippen LogP contribution in [0.3, 0.4) is 0 Å². The average Bonchev–Trinajstić information content (AvgIpc) is 3.29. The largest absolute Gasteiger partial charge is 0.497 e. The van der Waals surface area contributed by atoms with Crippen LogP contribution in [0.4, 0.5) is 0 Å². The highest BCUT2D eigenvalue weighted by molar-refractivity contribution is 5.96. The van der Waals surface area contributed by atoms with Crippen LogP contribution in [0.5, 0.6) is 5.75 Å². The van der Waals surface area contributed by atoms with Gasteiger partial charge in [-0.05, 0) is 49.4 Å². The standard InChI is InChI=1S/C19H26N2O3/c1-13-9-15(23-2)5-6-16(13)19(22)21-11-17-18(12-21)24-8-7-20(17)10-14-3-4-14/h5-6,9,14,17-18H,3-4,7-8,10-12H2,1-2H3/t17-,18+/m1/s1. The van der Waals surface area contributed by atoms with Gasteiger partial charge in [0.1, 0.15) is 5.75 Å². The number of hydrogen-bond acceptors (Lipinski definition) is 4. The summed E-state index contributed by atoms with van der Waals surface area (Å²) in [5, 5.41) is 0. The van der Waals surface area contributed by atoms with Gasteiger partial charge in [0.05, 0.1) is 25.9 Å². The molecule has 3 aliphatic rings. The fraction of sp³-hybridized carbons (Fsp3) is 0.632. The molecule has 2 saturated heterocycles. The van der Waals surface area contributed by atoms with Crippen molar-refractivity contribution in [1.29, 1.82) is 0 Å². The number of benzene rings is 1. The van der Waals surface area contributed by atoms with E-state index in [2.05, 4.69) is 4.90 Å². The quantitative estimate of drug-likeness (QED) is 0.846. The average molecular weight is 330 g/mol. The van der Waals surface area contributed by atoms with E-state index in [0.717, 1.165) is 42.5 Å². The highest BCUT2D eigenvalue weighted by Gasteiger charge is 2.43. The SMILES string of the molecule is COc1ccc(C(=O)N2C[C@@H]3OCCN(CC4CC4)[C@@H]3C2)c(C)c1. The van der Waals surface area contributed by atoms with Gasteiger partial charge in [0.25, 0.3) is 5.91 Å². The minimum atomic E-state index is 0.111. The summed E-state index contributed by atoms with van der Waals surface area (Å²) >= 11 is 0. The molecule has 5 heteroatoms. The Balaban J connectivity index is 1.48. The fourth-order valence-corrected chi connectivity index (χ4v) is 3.96. The number of aryl methyl sites for hydroxylation is 1. The lowest BCUT2D eigenvalue weighted by Crippen LogP contribution is -2.51. The molecule has 1 amide bonds. The predicted octanol–water partition coefficient (Wildman–Crippen LogP) is 1.94. The number of rotatable bonds is 4. The van der Waals surface area contributed by atoms with E-state index < -0.39 is 0 Å². The Morgan fingerprint density at radius 3 is 2.88 bits per heavy atom. The van der Waals surface area contributed by atoms with Crippen molar-refractivity contribution in [3.05, 3.63) is 29.3 Å². The third-order valence-electron chi connectivity index (χ3n) is 5.56. The molecule has 0 spiro atoms. The van der Waals surface area contributed by atoms with Gasteiger partial charge in [0, 0.05) is 31.7 Å². The molecule has 5 nitrogen and oxygen atoms in total. The van der Waals surface area contributed by atoms with Crippen LogP contribution in [-0.2, 0) is 4.74 Å². The Labute approximate surface area is 143 Å². The smallest absolute Gasteiger partial charge is 0.254 e. The van der Waals surface area contributed by atoms with E-state index in [9.17, 15) is 4.79 Å². The van der Waals surface area contributed by atoms with E-state index in [-0.39, 0.29) is 12.0 Å². The maximum absolute atomic E-state index is 13.0. The number of nitrogens with zero attached hydrogens (tertiary/aromatic N) is 2. The molecule has 24 heavy (non-hydrogen) atoms. The molecular weight excluding hydrogens is 304 g/mol. The lowest BCUT2D eigenvalue weighted by molar-refractivity contribution is -0.0484. The highest BCUT2D eigenvalue weighted by Crippen LogP contribution is 2.33. The first-order valence-electron chi connectivity index (χ1n) is 8.95. The molecule has 1 aromatic carbocycles. The third kappa shape index (κ3) is 3.03. The summed E-state index contributed by atoms with van der Waals surface area (Å²) in [7, 11) is 1.65. The monoisotopic (exact) mass is 330 g/mol. The van der Waals surface area contributed by atoms with Crippen LogP contribution in [0.2, 0.25) is 0 Å². The van der Waals surface area contributed by atoms with Crippen molar-refractivity contribution in [1.82, 2.24) is 9.80 Å². The van der Waals surface area contributed by atoms with E-state index in [1.54, 1.807) is 7.11 Å². The maximum atomic E-state index is 13.0. The number of methoxy groups -OCH3 is 1. The van der Waals surface area contributed by atoms with Crippen LogP contribution in [0.15, 0.2) is 18.2 Å². The number of carbonyl (C=O) groups is 1. The number of fused-ring (bicyclic) bond motifs is 1. The molecule has 0 unspecified atom stereocenters. The summed E-state index contributed by atoms with van der Waals surface area (Å²) in [6, 6.07) is 6.02. The Morgan fingerprint density at radius 2 is 2.17 bits per heavy atom. The zero-order chi connectivity index (χ0) is 16.7. The first-order valence-corrected chi connectivity index (χ1v) is 8.95. The van der Waals surface area contributed by atoms with E-state index in [1.807, 2.05) is 30.0 Å². The lowest BCUT2D eigenvalue weighted by Gasteiger charge is -2.36. The Kier molecular flexibility index (Phi) is 4.22. The van der Waals surface area contributed by atoms with Gasteiger partial charge in [-0.3, -0.25) is 9.69 Å². The van der Waals surface area contributed by atoms with E-state index in [0.29, 0.717) is 12.6 Å². The molecule has 0 aromatic heterocycles. The van der Waals surface area contributed by atoms with Crippen molar-refractivity contribution in [3.63, 3.8) is 0 Å². The maximum Gasteiger partial charge on any atom is 0.254 e. The van der Waals surface area contributed by atoms with Crippen LogP contribution >= 0.6 is 0 Å². The van der Waals surface area contributed by atoms with Crippen LogP contribution < -0.4 is 4.74 Å². The normalized spacial score (nSPS) is 27.2. The van der Waals surface area contributed by atoms with Crippen molar-refractivity contribution in [3.8, 4) is 5.75 Å². The summed E-state index contributed by atoms with van der Waals surface area (Å²) in [6.45, 7) is 6.42. The first-order chi connectivity index (χ1) is 11.7. The lowest BCUT2D eigenvalue weighted by atomic mass is 10.1. The van der Waals surface area contributed by atoms with Crippen molar-refractivity contribution in [2.24, 2.45) is 5.92 Å². The molecule has 3 fully saturated rings. The van der Waals surface area contributed by atoms with Crippen molar-refractivity contribution in [2.75, 3.05) is 39.9 Å². The van der Waals surface area contributed by atoms with Crippen molar-refractivity contribution < 1.29 is 14.3 Å². The van der Waals surface area contributed by atoms with Gasteiger partial charge in [-0.2, -0.15) is 0 Å². The second kappa shape index (κ2) is 6.37. The van der Waals surface area contributed by atoms with E-state index in [1.165, 1.54) is 19.4 Å². The second-order valence-electron chi connectivity index (χ2n) is 7.31. The van der Waals surface area contributed by atoms with Crippen molar-refractivity contribution >= 4 is 5.91 Å². The van der Waals surface area contributed by atoms with Gasteiger partial charge in [-0.25, -0.2) is 0 Å². The Bertz CT molecular complexity index is 629. The molecule has 0 N–H and O–H groups in total. The summed E-state index contributed by atoms with van der Waals surface area (Å²) in [5.74, 6) is 1.77. The molecule has 0 radical (unpaired) electrons. The van der Waals surface area contributed by atoms with Gasteiger partial charge in [0.2, 0.25) is 0 Å². The van der Waals surface area contributed by atoms with Gasteiger partial charge < -0.3 is 14.4 Å². The number of ether oxygens (including phenoxy) is 2. The zero-order valence-corrected chi connectivity index (χ0v) is 14.5. The summed E-state index contributed by atoms with van der Waals surface area (Å²) < 4.78 is 11.2. The van der Waals surface area contributed by atoms with Crippen LogP contribution in [0.1, 0.15) is 28.8 Å². The van der Waals surface area contributed by atoms with Gasteiger partial charge in [-0.1, -0.05) is 0 Å². The van der Waals surface area contributed by atoms with Crippen LogP contribution in [0.25, 0.3) is 0 Å². The first kappa shape index (κ1) is 15.9. The van der Waals surface area contributed by atoms with Gasteiger partial charge in [-0.15, -0.1) is 0 Å². The Morgan fingerprint density at radius 1 is 1.33 bits per heavy atom. The number of carbonyl (C=O) groups excluding carboxylic acids is 1. The topological polar surface area (TPSA) is 42.0 Å². The number of likely N-dealkylation sites (tertiary alicyclic amines) is 1. The van der Waals surface area contributed by atoms with Crippen LogP contribution in [-0.4, -0.2) is 67.7 Å². The molecule has 2 heterocycles. The molecular formula is C19H26N2O3. The molecule has 1 saturated carbocycles. The minimum absolute atomic E-state index is 0.111. The van der Waals surface area contributed by atoms with E-state index >= 15 is 0 Å². The minimum Gasteiger partial charge on any atom is -0.497 e. The van der Waals surface area contributed by atoms with Gasteiger partial charge in [0.15, 0.2) is 0 Å². The number of amides is 1. The summed E-state index contributed by atoms with van der Waals surface area (Å²) in [4.78, 5) is 17.5. The number of hydrogen-bond donors (Lipinski definition) is 0. The molecule has 1 aromatic rings. The molecule has 2 atom stereocenters. The van der Waals surface area contributed by atoms with Gasteiger partial charge >= 0.3 is 0 Å². The molecule has 1 aliphatic carbocycles. The molecule has 130 valence electrons. The second-order valence-corrected chi connectivity index (χ2v) is 7.31. The Hall–Kier alpha value is -1.59. The zero-order valence-electron chi connectivity index (χ0n) is 14.5. The molecule has 2 aliphatic heterocycles. The summed E-state index contributed by atoms with van der Waals surface area (Å²) in [5.41, 5.74) is 1.73. The number of morpholine rings is 1. The fourth-order valence-electron chi connectivity index (χ4n) is 3.96.